The number of hydrogen-bond donors (Lipinski definition) is 0. The number of rotatable bonds is 4. The number of aryl methyl sites for hydroxylation is 1. The van der Waals surface area contributed by atoms with E-state index in [1.807, 2.05) is 18.8 Å². The van der Waals surface area contributed by atoms with Gasteiger partial charge in [-0.25, -0.2) is 4.68 Å². The minimum Gasteiger partial charge on any atom is -0.295 e. The van der Waals surface area contributed by atoms with Crippen molar-refractivity contribution >= 4 is 17.5 Å². The van der Waals surface area contributed by atoms with Crippen LogP contribution < -0.4 is 0 Å². The molecule has 1 unspecified atom stereocenters. The number of ketones is 1. The van der Waals surface area contributed by atoms with E-state index < -0.39 is 0 Å². The number of nitrogens with zero attached hydrogens (tertiary/aromatic N) is 4. The highest BCUT2D eigenvalue weighted by Crippen LogP contribution is 2.18. The summed E-state index contributed by atoms with van der Waals surface area (Å²) in [6.45, 7) is 3.79. The Morgan fingerprint density at radius 1 is 1.65 bits per heavy atom. The molecule has 0 amide bonds. The highest BCUT2D eigenvalue weighted by Gasteiger charge is 2.29. The molecule has 0 aromatic carbocycles. The zero-order valence-electron chi connectivity index (χ0n) is 10.3. The van der Waals surface area contributed by atoms with Gasteiger partial charge in [-0.15, -0.1) is 5.10 Å². The molecule has 0 spiro atoms. The summed E-state index contributed by atoms with van der Waals surface area (Å²) in [4.78, 5) is 14.5. The molecule has 0 bridgehead atoms. The first kappa shape index (κ1) is 12.6. The number of likely N-dealkylation sites (N-methyl/N-ethyl adjacent to an activating group) is 1. The third-order valence-electron chi connectivity index (χ3n) is 3.00. The van der Waals surface area contributed by atoms with Crippen molar-refractivity contribution in [2.75, 3.05) is 25.1 Å². The first-order valence-corrected chi connectivity index (χ1v) is 7.10. The van der Waals surface area contributed by atoms with Crippen molar-refractivity contribution in [2.45, 2.75) is 25.9 Å². The second-order valence-electron chi connectivity index (χ2n) is 4.28. The maximum atomic E-state index is 12.4. The first-order chi connectivity index (χ1) is 8.24. The highest BCUT2D eigenvalue weighted by molar-refractivity contribution is 7.99. The standard InChI is InChI=1S/C11H18N4OS/c1-3-4-15-9(7-12-13-15)11(16)10-8-17-6-5-14(10)2/h7,10H,3-6,8H2,1-2H3. The third kappa shape index (κ3) is 2.69. The van der Waals surface area contributed by atoms with Crippen molar-refractivity contribution in [3.8, 4) is 0 Å². The van der Waals surface area contributed by atoms with E-state index >= 15 is 0 Å². The lowest BCUT2D eigenvalue weighted by Crippen LogP contribution is -2.45. The third-order valence-corrected chi connectivity index (χ3v) is 4.03. The molecule has 1 aromatic heterocycles. The van der Waals surface area contributed by atoms with Gasteiger partial charge in [-0.1, -0.05) is 12.1 Å². The van der Waals surface area contributed by atoms with E-state index in [1.54, 1.807) is 10.9 Å². The van der Waals surface area contributed by atoms with Crippen LogP contribution in [0, 0.1) is 0 Å². The zero-order chi connectivity index (χ0) is 12.3. The Hall–Kier alpha value is -0.880. The second-order valence-corrected chi connectivity index (χ2v) is 5.43. The maximum Gasteiger partial charge on any atom is 0.200 e. The number of carbonyl (C=O) groups excluding carboxylic acids is 1. The van der Waals surface area contributed by atoms with E-state index in [4.69, 9.17) is 0 Å². The summed E-state index contributed by atoms with van der Waals surface area (Å²) in [6.07, 6.45) is 2.55. The molecule has 1 atom stereocenters. The van der Waals surface area contributed by atoms with Crippen molar-refractivity contribution in [3.63, 3.8) is 0 Å². The Labute approximate surface area is 106 Å². The van der Waals surface area contributed by atoms with E-state index in [1.165, 1.54) is 0 Å². The van der Waals surface area contributed by atoms with Crippen LogP contribution in [0.4, 0.5) is 0 Å². The molecule has 1 aliphatic heterocycles. The molecule has 0 N–H and O–H groups in total. The fraction of sp³-hybridized carbons (Fsp3) is 0.727. The lowest BCUT2D eigenvalue weighted by atomic mass is 10.1. The fourth-order valence-electron chi connectivity index (χ4n) is 1.96. The van der Waals surface area contributed by atoms with E-state index in [0.717, 1.165) is 31.0 Å². The molecule has 1 aromatic rings. The van der Waals surface area contributed by atoms with Gasteiger partial charge in [0.05, 0.1) is 12.2 Å². The maximum absolute atomic E-state index is 12.4. The molecule has 0 saturated carbocycles. The first-order valence-electron chi connectivity index (χ1n) is 5.94. The summed E-state index contributed by atoms with van der Waals surface area (Å²) >= 11 is 1.84. The SMILES string of the molecule is CCCn1nncc1C(=O)C1CSCCN1C. The van der Waals surface area contributed by atoms with Crippen LogP contribution in [0.3, 0.4) is 0 Å². The Morgan fingerprint density at radius 2 is 2.47 bits per heavy atom. The molecule has 17 heavy (non-hydrogen) atoms. The molecule has 2 rings (SSSR count). The predicted molar refractivity (Wildman–Crippen MR) is 68.4 cm³/mol. The van der Waals surface area contributed by atoms with Gasteiger partial charge < -0.3 is 0 Å². The molecular weight excluding hydrogens is 236 g/mol. The van der Waals surface area contributed by atoms with Crippen LogP contribution in [0.2, 0.25) is 0 Å². The smallest absolute Gasteiger partial charge is 0.200 e. The van der Waals surface area contributed by atoms with Gasteiger partial charge in [0.2, 0.25) is 0 Å². The topological polar surface area (TPSA) is 51.0 Å². The van der Waals surface area contributed by atoms with Crippen LogP contribution in [-0.4, -0.2) is 56.8 Å². The Balaban J connectivity index is 2.15. The van der Waals surface area contributed by atoms with Crippen LogP contribution in [-0.2, 0) is 6.54 Å². The quantitative estimate of drug-likeness (QED) is 0.748. The van der Waals surface area contributed by atoms with E-state index in [0.29, 0.717) is 5.69 Å². The van der Waals surface area contributed by atoms with Crippen LogP contribution in [0.5, 0.6) is 0 Å². The fourth-order valence-corrected chi connectivity index (χ4v) is 3.17. The number of aromatic nitrogens is 3. The van der Waals surface area contributed by atoms with Gasteiger partial charge >= 0.3 is 0 Å². The molecule has 2 heterocycles. The molecule has 94 valence electrons. The summed E-state index contributed by atoms with van der Waals surface area (Å²) in [5, 5.41) is 7.82. The number of thioether (sulfide) groups is 1. The molecule has 5 nitrogen and oxygen atoms in total. The van der Waals surface area contributed by atoms with Gasteiger partial charge in [0.15, 0.2) is 5.78 Å². The van der Waals surface area contributed by atoms with Gasteiger partial charge in [0, 0.05) is 24.6 Å². The molecule has 1 fully saturated rings. The van der Waals surface area contributed by atoms with Gasteiger partial charge in [0.25, 0.3) is 0 Å². The van der Waals surface area contributed by atoms with Crippen molar-refractivity contribution in [3.05, 3.63) is 11.9 Å². The average molecular weight is 254 g/mol. The van der Waals surface area contributed by atoms with Crippen molar-refractivity contribution < 1.29 is 4.79 Å². The van der Waals surface area contributed by atoms with E-state index in [2.05, 4.69) is 22.1 Å². The van der Waals surface area contributed by atoms with Crippen molar-refractivity contribution in [2.24, 2.45) is 0 Å². The summed E-state index contributed by atoms with van der Waals surface area (Å²) in [7, 11) is 2.01. The minimum absolute atomic E-state index is 0.0251. The van der Waals surface area contributed by atoms with Gasteiger partial charge in [-0.05, 0) is 13.5 Å². The van der Waals surface area contributed by atoms with Crippen LogP contribution >= 0.6 is 11.8 Å². The Bertz CT molecular complexity index is 393. The summed E-state index contributed by atoms with van der Waals surface area (Å²) in [5.41, 5.74) is 0.645. The predicted octanol–water partition coefficient (Wildman–Crippen LogP) is 0.918. The summed E-state index contributed by atoms with van der Waals surface area (Å²) in [5.74, 6) is 2.12. The molecule has 6 heteroatoms. The normalized spacial score (nSPS) is 21.6. The monoisotopic (exact) mass is 254 g/mol. The number of hydrogen-bond acceptors (Lipinski definition) is 5. The molecule has 0 radical (unpaired) electrons. The lowest BCUT2D eigenvalue weighted by molar-refractivity contribution is 0.0863. The van der Waals surface area contributed by atoms with Crippen LogP contribution in [0.25, 0.3) is 0 Å². The largest absolute Gasteiger partial charge is 0.295 e. The van der Waals surface area contributed by atoms with Crippen LogP contribution in [0.1, 0.15) is 23.8 Å². The van der Waals surface area contributed by atoms with Crippen molar-refractivity contribution in [1.29, 1.82) is 0 Å². The second kappa shape index (κ2) is 5.64. The summed E-state index contributed by atoms with van der Waals surface area (Å²) in [6, 6.07) is -0.0251. The Kier molecular flexibility index (Phi) is 4.17. The Morgan fingerprint density at radius 3 is 3.18 bits per heavy atom. The lowest BCUT2D eigenvalue weighted by Gasteiger charge is -2.30. The van der Waals surface area contributed by atoms with E-state index in [-0.39, 0.29) is 11.8 Å². The van der Waals surface area contributed by atoms with E-state index in [9.17, 15) is 4.79 Å². The van der Waals surface area contributed by atoms with Gasteiger partial charge in [-0.3, -0.25) is 9.69 Å². The minimum atomic E-state index is -0.0251. The summed E-state index contributed by atoms with van der Waals surface area (Å²) < 4.78 is 1.72. The number of Topliss-reactive ketones (excluding diaryl/α,β-unsaturated/α-hetero) is 1. The van der Waals surface area contributed by atoms with Crippen molar-refractivity contribution in [1.82, 2.24) is 19.9 Å². The molecule has 1 aliphatic rings. The molecule has 0 aliphatic carbocycles. The van der Waals surface area contributed by atoms with Crippen LogP contribution in [0.15, 0.2) is 6.20 Å². The number of carbonyl (C=O) groups is 1. The highest BCUT2D eigenvalue weighted by atomic mass is 32.2. The van der Waals surface area contributed by atoms with Gasteiger partial charge in [-0.2, -0.15) is 11.8 Å². The van der Waals surface area contributed by atoms with Gasteiger partial charge in [0.1, 0.15) is 5.69 Å². The average Bonchev–Trinajstić information content (AvgIpc) is 2.78. The molecular formula is C11H18N4OS. The zero-order valence-corrected chi connectivity index (χ0v) is 11.1. The molecule has 1 saturated heterocycles.